The number of benzene rings is 1. The lowest BCUT2D eigenvalue weighted by Crippen LogP contribution is -2.42. The largest absolute Gasteiger partial charge is 0.445 e. The molecule has 0 saturated heterocycles. The van der Waals surface area contributed by atoms with Crippen LogP contribution in [0.5, 0.6) is 0 Å². The monoisotopic (exact) mass is 385 g/mol. The molecular weight excluding hydrogens is 366 g/mol. The van der Waals surface area contributed by atoms with Crippen LogP contribution in [-0.4, -0.2) is 38.1 Å². The number of Topliss-reactive ketones (excluding diaryl/α,β-unsaturated/α-hetero) is 1. The number of tetrazole rings is 1. The van der Waals surface area contributed by atoms with Gasteiger partial charge in [-0.3, -0.25) is 4.79 Å². The molecule has 0 radical (unpaired) electrons. The Bertz CT molecular complexity index is 880. The van der Waals surface area contributed by atoms with Crippen molar-refractivity contribution in [3.8, 4) is 11.4 Å². The lowest BCUT2D eigenvalue weighted by atomic mass is 10.1. The van der Waals surface area contributed by atoms with Crippen molar-refractivity contribution in [1.29, 1.82) is 0 Å². The number of nitrogens with zero attached hydrogens (tertiary/aromatic N) is 4. The van der Waals surface area contributed by atoms with Crippen LogP contribution in [0, 0.1) is 0 Å². The van der Waals surface area contributed by atoms with Crippen molar-refractivity contribution in [3.63, 3.8) is 0 Å². The second kappa shape index (κ2) is 9.04. The average molecular weight is 385 g/mol. The Balaban J connectivity index is 1.56. The molecule has 2 heterocycles. The third-order valence-electron chi connectivity index (χ3n) is 3.92. The van der Waals surface area contributed by atoms with E-state index in [-0.39, 0.29) is 18.9 Å². The number of amides is 1. The van der Waals surface area contributed by atoms with Crippen LogP contribution in [0.2, 0.25) is 0 Å². The molecular formula is C18H19N5O3S. The summed E-state index contributed by atoms with van der Waals surface area (Å²) in [6.07, 6.45) is -0.191. The Hall–Kier alpha value is -3.07. The quantitative estimate of drug-likeness (QED) is 0.640. The van der Waals surface area contributed by atoms with Gasteiger partial charge in [0.05, 0.1) is 6.04 Å². The van der Waals surface area contributed by atoms with Gasteiger partial charge < -0.3 is 10.1 Å². The van der Waals surface area contributed by atoms with Crippen LogP contribution < -0.4 is 5.32 Å². The number of ketones is 1. The molecule has 0 bridgehead atoms. The van der Waals surface area contributed by atoms with Crippen LogP contribution in [0.15, 0.2) is 47.2 Å². The molecule has 0 aliphatic carbocycles. The Kier molecular flexibility index (Phi) is 6.26. The minimum Gasteiger partial charge on any atom is -0.445 e. The van der Waals surface area contributed by atoms with E-state index in [9.17, 15) is 9.59 Å². The molecule has 0 aliphatic heterocycles. The normalized spacial score (nSPS) is 11.7. The van der Waals surface area contributed by atoms with Crippen molar-refractivity contribution < 1.29 is 14.3 Å². The predicted molar refractivity (Wildman–Crippen MR) is 100.0 cm³/mol. The molecule has 27 heavy (non-hydrogen) atoms. The second-order valence-corrected chi connectivity index (χ2v) is 6.59. The van der Waals surface area contributed by atoms with Crippen molar-refractivity contribution in [2.75, 3.05) is 0 Å². The summed E-state index contributed by atoms with van der Waals surface area (Å²) in [6.45, 7) is 1.93. The molecule has 0 spiro atoms. The molecule has 9 heteroatoms. The fraction of sp³-hybridized carbons (Fsp3) is 0.278. The Morgan fingerprint density at radius 3 is 2.78 bits per heavy atom. The summed E-state index contributed by atoms with van der Waals surface area (Å²) in [7, 11) is 0. The third-order valence-corrected chi connectivity index (χ3v) is 4.60. The van der Waals surface area contributed by atoms with E-state index in [1.54, 1.807) is 0 Å². The lowest BCUT2D eigenvalue weighted by molar-refractivity contribution is -0.121. The predicted octanol–water partition coefficient (Wildman–Crippen LogP) is 2.68. The van der Waals surface area contributed by atoms with Crippen molar-refractivity contribution in [1.82, 2.24) is 25.5 Å². The number of rotatable bonds is 8. The Morgan fingerprint density at radius 2 is 2.07 bits per heavy atom. The number of carbonyl (C=O) groups is 2. The molecule has 1 unspecified atom stereocenters. The number of alkyl carbamates (subject to hydrolysis) is 1. The van der Waals surface area contributed by atoms with Gasteiger partial charge in [-0.05, 0) is 33.9 Å². The summed E-state index contributed by atoms with van der Waals surface area (Å²) in [5, 5.41) is 17.9. The maximum absolute atomic E-state index is 12.6. The zero-order valence-corrected chi connectivity index (χ0v) is 15.6. The summed E-state index contributed by atoms with van der Waals surface area (Å²) in [5.74, 6) is 0.323. The molecule has 0 aliphatic rings. The van der Waals surface area contributed by atoms with E-state index in [1.165, 1.54) is 16.0 Å². The number of aromatic nitrogens is 4. The van der Waals surface area contributed by atoms with Crippen LogP contribution in [0.3, 0.4) is 0 Å². The van der Waals surface area contributed by atoms with E-state index < -0.39 is 12.1 Å². The highest BCUT2D eigenvalue weighted by molar-refractivity contribution is 7.08. The molecule has 2 aromatic heterocycles. The highest BCUT2D eigenvalue weighted by Crippen LogP contribution is 2.18. The standard InChI is InChI=1S/C18H19N5O3S/c1-2-15(19-18(25)26-11-13-6-4-3-5-7-13)16(24)10-23-17(20-21-22-23)14-8-9-27-12-14/h3-9,12,15H,2,10-11H2,1H3,(H,19,25). The third kappa shape index (κ3) is 4.98. The van der Waals surface area contributed by atoms with Crippen molar-refractivity contribution in [3.05, 3.63) is 52.7 Å². The van der Waals surface area contributed by atoms with Gasteiger partial charge in [-0.2, -0.15) is 11.3 Å². The molecule has 3 aromatic rings. The highest BCUT2D eigenvalue weighted by atomic mass is 32.1. The van der Waals surface area contributed by atoms with Gasteiger partial charge in [-0.1, -0.05) is 37.3 Å². The maximum atomic E-state index is 12.6. The molecule has 140 valence electrons. The van der Waals surface area contributed by atoms with Gasteiger partial charge in [0.15, 0.2) is 11.6 Å². The summed E-state index contributed by atoms with van der Waals surface area (Å²) >= 11 is 1.52. The van der Waals surface area contributed by atoms with E-state index in [2.05, 4.69) is 20.8 Å². The number of carbonyl (C=O) groups excluding carboxylic acids is 2. The van der Waals surface area contributed by atoms with Gasteiger partial charge in [0.1, 0.15) is 13.2 Å². The van der Waals surface area contributed by atoms with Crippen LogP contribution in [0.25, 0.3) is 11.4 Å². The van der Waals surface area contributed by atoms with Crippen LogP contribution >= 0.6 is 11.3 Å². The molecule has 0 fully saturated rings. The first-order valence-electron chi connectivity index (χ1n) is 8.46. The summed E-state index contributed by atoms with van der Waals surface area (Å²) in [5.41, 5.74) is 1.72. The molecule has 1 amide bonds. The summed E-state index contributed by atoms with van der Waals surface area (Å²) < 4.78 is 6.61. The van der Waals surface area contributed by atoms with E-state index in [0.29, 0.717) is 12.2 Å². The average Bonchev–Trinajstić information content (AvgIpc) is 3.36. The molecule has 1 aromatic carbocycles. The molecule has 8 nitrogen and oxygen atoms in total. The SMILES string of the molecule is CCC(NC(=O)OCc1ccccc1)C(=O)Cn1nnnc1-c1ccsc1. The number of ether oxygens (including phenoxy) is 1. The summed E-state index contributed by atoms with van der Waals surface area (Å²) in [6, 6.07) is 10.6. The number of nitrogens with one attached hydrogen (secondary N) is 1. The van der Waals surface area contributed by atoms with E-state index in [4.69, 9.17) is 4.74 Å². The molecule has 1 N–H and O–H groups in total. The minimum absolute atomic E-state index is 0.0321. The first kappa shape index (κ1) is 18.7. The van der Waals surface area contributed by atoms with Crippen molar-refractivity contribution in [2.45, 2.75) is 32.5 Å². The van der Waals surface area contributed by atoms with Gasteiger partial charge in [-0.25, -0.2) is 9.48 Å². The fourth-order valence-electron chi connectivity index (χ4n) is 2.48. The second-order valence-electron chi connectivity index (χ2n) is 5.81. The van der Waals surface area contributed by atoms with Crippen LogP contribution in [-0.2, 0) is 22.7 Å². The first-order chi connectivity index (χ1) is 13.2. The molecule has 3 rings (SSSR count). The molecule has 0 saturated carbocycles. The maximum Gasteiger partial charge on any atom is 0.408 e. The number of thiophene rings is 1. The first-order valence-corrected chi connectivity index (χ1v) is 9.40. The Morgan fingerprint density at radius 1 is 1.26 bits per heavy atom. The molecule has 1 atom stereocenters. The van der Waals surface area contributed by atoms with Gasteiger partial charge in [0, 0.05) is 10.9 Å². The topological polar surface area (TPSA) is 99.0 Å². The number of hydrogen-bond acceptors (Lipinski definition) is 7. The van der Waals surface area contributed by atoms with E-state index in [1.807, 2.05) is 54.1 Å². The van der Waals surface area contributed by atoms with E-state index in [0.717, 1.165) is 11.1 Å². The van der Waals surface area contributed by atoms with Gasteiger partial charge in [-0.15, -0.1) is 5.10 Å². The zero-order valence-electron chi connectivity index (χ0n) is 14.7. The van der Waals surface area contributed by atoms with Crippen molar-refractivity contribution in [2.24, 2.45) is 0 Å². The Labute approximate surface area is 160 Å². The highest BCUT2D eigenvalue weighted by Gasteiger charge is 2.22. The summed E-state index contributed by atoms with van der Waals surface area (Å²) in [4.78, 5) is 24.6. The lowest BCUT2D eigenvalue weighted by Gasteiger charge is -2.16. The zero-order chi connectivity index (χ0) is 19.1. The smallest absolute Gasteiger partial charge is 0.408 e. The van der Waals surface area contributed by atoms with Crippen LogP contribution in [0.1, 0.15) is 18.9 Å². The minimum atomic E-state index is -0.673. The fourth-order valence-corrected chi connectivity index (χ4v) is 3.12. The van der Waals surface area contributed by atoms with Gasteiger partial charge in [0.2, 0.25) is 0 Å². The van der Waals surface area contributed by atoms with Gasteiger partial charge in [0.25, 0.3) is 0 Å². The van der Waals surface area contributed by atoms with E-state index >= 15 is 0 Å². The van der Waals surface area contributed by atoms with Crippen LogP contribution in [0.4, 0.5) is 4.79 Å². The van der Waals surface area contributed by atoms with Gasteiger partial charge >= 0.3 is 6.09 Å². The van der Waals surface area contributed by atoms with Crippen molar-refractivity contribution >= 4 is 23.2 Å². The number of hydrogen-bond donors (Lipinski definition) is 1.